The minimum atomic E-state index is -0.861. The molecule has 0 rings (SSSR count). The molecule has 274 valence electrons. The summed E-state index contributed by atoms with van der Waals surface area (Å²) in [6.45, 7) is 12.5. The Morgan fingerprint density at radius 2 is 0.674 bits per heavy atom. The lowest BCUT2D eigenvalue weighted by Gasteiger charge is -2.09. The summed E-state index contributed by atoms with van der Waals surface area (Å²) in [4.78, 5) is 21.9. The van der Waals surface area contributed by atoms with Gasteiger partial charge in [-0.05, 0) is 19.3 Å². The Balaban J connectivity index is 3.09. The van der Waals surface area contributed by atoms with Crippen molar-refractivity contribution in [2.45, 2.75) is 58.3 Å². The van der Waals surface area contributed by atoms with Crippen molar-refractivity contribution < 1.29 is 66.8 Å². The smallest absolute Gasteiger partial charge is 0.305 e. The molecule has 14 nitrogen and oxygen atoms in total. The second-order valence-corrected chi connectivity index (χ2v) is 10.0. The van der Waals surface area contributed by atoms with Crippen LogP contribution in [-0.4, -0.2) is 156 Å². The third-order valence-electron chi connectivity index (χ3n) is 6.00. The molecule has 1 N–H and O–H groups in total. The van der Waals surface area contributed by atoms with Crippen LogP contribution < -0.4 is 0 Å². The van der Waals surface area contributed by atoms with Gasteiger partial charge in [0.05, 0.1) is 126 Å². The second-order valence-electron chi connectivity index (χ2n) is 10.0. The van der Waals surface area contributed by atoms with Gasteiger partial charge in [-0.15, -0.1) is 0 Å². The highest BCUT2D eigenvalue weighted by Gasteiger charge is 2.04. The van der Waals surface area contributed by atoms with Crippen LogP contribution >= 0.6 is 0 Å². The van der Waals surface area contributed by atoms with E-state index < -0.39 is 5.97 Å². The number of unbranched alkanes of at least 4 members (excludes halogenated alkanes) is 4. The van der Waals surface area contributed by atoms with Crippen LogP contribution in [0.1, 0.15) is 58.3 Å². The van der Waals surface area contributed by atoms with Crippen molar-refractivity contribution >= 4 is 11.9 Å². The summed E-state index contributed by atoms with van der Waals surface area (Å²) in [5, 5.41) is 8.55. The lowest BCUT2D eigenvalue weighted by Crippen LogP contribution is -2.15. The van der Waals surface area contributed by atoms with Gasteiger partial charge in [0.2, 0.25) is 0 Å². The topological polar surface area (TPSA) is 156 Å². The van der Waals surface area contributed by atoms with Crippen LogP contribution in [0.25, 0.3) is 0 Å². The maximum atomic E-state index is 11.5. The van der Waals surface area contributed by atoms with Gasteiger partial charge in [-0.1, -0.05) is 26.2 Å². The highest BCUT2D eigenvalue weighted by Crippen LogP contribution is 2.01. The van der Waals surface area contributed by atoms with Gasteiger partial charge < -0.3 is 57.2 Å². The lowest BCUT2D eigenvalue weighted by molar-refractivity contribution is -0.146. The van der Waals surface area contributed by atoms with Crippen LogP contribution in [0.3, 0.4) is 0 Å². The number of esters is 1. The maximum absolute atomic E-state index is 11.5. The minimum Gasteiger partial charge on any atom is -0.481 e. The molecule has 0 heterocycles. The number of hydrogen-bond donors (Lipinski definition) is 1. The Hall–Kier alpha value is -1.46. The van der Waals surface area contributed by atoms with Gasteiger partial charge >= 0.3 is 11.9 Å². The zero-order chi connectivity index (χ0) is 33.4. The number of ether oxygens (including phenoxy) is 11. The molecule has 46 heavy (non-hydrogen) atoms. The molecule has 0 aliphatic carbocycles. The van der Waals surface area contributed by atoms with E-state index in [1.165, 1.54) is 19.3 Å². The third kappa shape index (κ3) is 40.6. The molecule has 0 radical (unpaired) electrons. The van der Waals surface area contributed by atoms with E-state index in [1.807, 2.05) is 0 Å². The summed E-state index contributed by atoms with van der Waals surface area (Å²) in [5.41, 5.74) is 0. The molecule has 0 aromatic carbocycles. The van der Waals surface area contributed by atoms with Crippen molar-refractivity contribution in [2.24, 2.45) is 0 Å². The van der Waals surface area contributed by atoms with Crippen molar-refractivity contribution in [3.8, 4) is 0 Å². The van der Waals surface area contributed by atoms with Crippen LogP contribution in [0.2, 0.25) is 0 Å². The van der Waals surface area contributed by atoms with Gasteiger partial charge in [0.15, 0.2) is 0 Å². The summed E-state index contributed by atoms with van der Waals surface area (Å²) >= 11 is 0. The fraction of sp³-hybridized carbons (Fsp3) is 0.938. The van der Waals surface area contributed by atoms with E-state index >= 15 is 0 Å². The Labute approximate surface area is 275 Å². The van der Waals surface area contributed by atoms with Crippen molar-refractivity contribution in [1.82, 2.24) is 0 Å². The number of rotatable bonds is 40. The van der Waals surface area contributed by atoms with E-state index in [2.05, 4.69) is 6.92 Å². The van der Waals surface area contributed by atoms with E-state index in [1.54, 1.807) is 0 Å². The molecule has 0 saturated carbocycles. The zero-order valence-corrected chi connectivity index (χ0v) is 28.3. The second kappa shape index (κ2) is 39.7. The first-order valence-electron chi connectivity index (χ1n) is 16.8. The fourth-order valence-electron chi connectivity index (χ4n) is 3.54. The molecule has 0 bridgehead atoms. The number of carbonyl (C=O) groups excluding carboxylic acids is 1. The average Bonchev–Trinajstić information content (AvgIpc) is 3.05. The first-order chi connectivity index (χ1) is 22.7. The fourth-order valence-corrected chi connectivity index (χ4v) is 3.54. The van der Waals surface area contributed by atoms with Gasteiger partial charge in [0.25, 0.3) is 0 Å². The summed E-state index contributed by atoms with van der Waals surface area (Å²) in [6.07, 6.45) is 6.11. The van der Waals surface area contributed by atoms with Crippen LogP contribution in [0, 0.1) is 0 Å². The molecule has 0 atom stereocenters. The molecular weight excluding hydrogens is 608 g/mol. The van der Waals surface area contributed by atoms with Crippen LogP contribution in [0.4, 0.5) is 0 Å². The van der Waals surface area contributed by atoms with Crippen molar-refractivity contribution in [2.75, 3.05) is 139 Å². The molecule has 0 aromatic heterocycles. The van der Waals surface area contributed by atoms with E-state index in [0.29, 0.717) is 132 Å². The van der Waals surface area contributed by atoms with E-state index in [0.717, 1.165) is 13.0 Å². The maximum Gasteiger partial charge on any atom is 0.305 e. The molecule has 0 aliphatic heterocycles. The zero-order valence-electron chi connectivity index (χ0n) is 28.3. The first-order valence-corrected chi connectivity index (χ1v) is 16.8. The van der Waals surface area contributed by atoms with Crippen LogP contribution in [0.15, 0.2) is 0 Å². The Morgan fingerprint density at radius 3 is 1.00 bits per heavy atom. The number of carboxylic acids is 1. The molecular formula is C32H62O14. The molecule has 0 amide bonds. The summed E-state index contributed by atoms with van der Waals surface area (Å²) in [6, 6.07) is 0. The van der Waals surface area contributed by atoms with Crippen molar-refractivity contribution in [3.63, 3.8) is 0 Å². The number of hydrogen-bond acceptors (Lipinski definition) is 13. The highest BCUT2D eigenvalue weighted by molar-refractivity contribution is 5.69. The summed E-state index contributed by atoms with van der Waals surface area (Å²) in [5.74, 6) is -1.21. The van der Waals surface area contributed by atoms with E-state index in [9.17, 15) is 9.59 Å². The van der Waals surface area contributed by atoms with Gasteiger partial charge in [-0.25, -0.2) is 0 Å². The Bertz CT molecular complexity index is 626. The third-order valence-corrected chi connectivity index (χ3v) is 6.00. The predicted molar refractivity (Wildman–Crippen MR) is 169 cm³/mol. The van der Waals surface area contributed by atoms with E-state index in [4.69, 9.17) is 57.2 Å². The molecule has 14 heteroatoms. The highest BCUT2D eigenvalue weighted by atomic mass is 16.6. The molecule has 0 aromatic rings. The van der Waals surface area contributed by atoms with Gasteiger partial charge in [0.1, 0.15) is 6.61 Å². The largest absolute Gasteiger partial charge is 0.481 e. The first kappa shape index (κ1) is 44.5. The monoisotopic (exact) mass is 670 g/mol. The number of carboxylic acid groups (broad SMARTS) is 1. The van der Waals surface area contributed by atoms with Gasteiger partial charge in [0, 0.05) is 19.4 Å². The lowest BCUT2D eigenvalue weighted by atomic mass is 10.2. The Morgan fingerprint density at radius 1 is 0.370 bits per heavy atom. The Kier molecular flexibility index (Phi) is 38.5. The van der Waals surface area contributed by atoms with Gasteiger partial charge in [-0.3, -0.25) is 9.59 Å². The summed E-state index contributed by atoms with van der Waals surface area (Å²) in [7, 11) is 0. The summed E-state index contributed by atoms with van der Waals surface area (Å²) < 4.78 is 59.5. The molecule has 0 fully saturated rings. The normalized spacial score (nSPS) is 11.3. The quantitative estimate of drug-likeness (QED) is 0.0750. The molecule has 0 spiro atoms. The number of aliphatic carboxylic acids is 1. The SMILES string of the molecule is CCCCCCOCCOCCOCCOCCOCCOCCOCCOCCOCCOCCOC(=O)CCCCC(=O)O. The molecule has 0 unspecified atom stereocenters. The standard InChI is InChI=1S/C32H62O14/c1-2-3-4-7-10-36-11-12-37-13-14-38-15-16-39-17-18-40-19-20-41-21-22-42-23-24-43-25-26-44-27-28-45-29-30-46-32(35)9-6-5-8-31(33)34/h2-30H2,1H3,(H,33,34). The molecule has 0 aliphatic rings. The number of carbonyl (C=O) groups is 2. The van der Waals surface area contributed by atoms with Gasteiger partial charge in [-0.2, -0.15) is 0 Å². The van der Waals surface area contributed by atoms with E-state index in [-0.39, 0.29) is 32.0 Å². The average molecular weight is 671 g/mol. The minimum absolute atomic E-state index is 0.0619. The van der Waals surface area contributed by atoms with Crippen molar-refractivity contribution in [3.05, 3.63) is 0 Å². The van der Waals surface area contributed by atoms with Crippen LogP contribution in [0.5, 0.6) is 0 Å². The molecule has 0 saturated heterocycles. The van der Waals surface area contributed by atoms with Crippen LogP contribution in [-0.2, 0) is 61.7 Å². The van der Waals surface area contributed by atoms with Crippen molar-refractivity contribution in [1.29, 1.82) is 0 Å². The predicted octanol–water partition coefficient (Wildman–Crippen LogP) is 2.92.